The van der Waals surface area contributed by atoms with Crippen LogP contribution in [0.3, 0.4) is 0 Å². The van der Waals surface area contributed by atoms with Gasteiger partial charge in [0, 0.05) is 38.3 Å². The predicted octanol–water partition coefficient (Wildman–Crippen LogP) is 2.92. The van der Waals surface area contributed by atoms with Crippen molar-refractivity contribution < 1.29 is 14.3 Å². The Morgan fingerprint density at radius 2 is 1.77 bits per heavy atom. The number of carbonyl (C=O) groups is 1. The molecule has 0 spiro atoms. The lowest BCUT2D eigenvalue weighted by atomic mass is 10.1. The van der Waals surface area contributed by atoms with Gasteiger partial charge in [0.1, 0.15) is 11.9 Å². The number of benzene rings is 2. The maximum Gasteiger partial charge on any atom is 0.253 e. The van der Waals surface area contributed by atoms with Gasteiger partial charge < -0.3 is 14.4 Å². The first-order valence-corrected chi connectivity index (χ1v) is 8.92. The van der Waals surface area contributed by atoms with Gasteiger partial charge in [0.05, 0.1) is 6.26 Å². The number of hydrogen-bond acceptors (Lipinski definition) is 4. The van der Waals surface area contributed by atoms with Gasteiger partial charge in [-0.1, -0.05) is 30.3 Å². The maximum absolute atomic E-state index is 12.8. The third-order valence-corrected chi connectivity index (χ3v) is 4.96. The van der Waals surface area contributed by atoms with E-state index in [0.29, 0.717) is 25.4 Å². The Morgan fingerprint density at radius 1 is 1.00 bits per heavy atom. The summed E-state index contributed by atoms with van der Waals surface area (Å²) in [6, 6.07) is 17.5. The Morgan fingerprint density at radius 3 is 2.50 bits per heavy atom. The minimum absolute atomic E-state index is 0.0713. The molecule has 0 radical (unpaired) electrons. The molecule has 0 saturated carbocycles. The molecule has 5 heteroatoms. The summed E-state index contributed by atoms with van der Waals surface area (Å²) < 4.78 is 5.25. The third kappa shape index (κ3) is 3.49. The van der Waals surface area contributed by atoms with Crippen LogP contribution in [-0.2, 0) is 0 Å². The van der Waals surface area contributed by atoms with Crippen molar-refractivity contribution >= 4 is 16.7 Å². The van der Waals surface area contributed by atoms with Crippen LogP contribution in [0.1, 0.15) is 22.2 Å². The summed E-state index contributed by atoms with van der Waals surface area (Å²) >= 11 is 0. The highest BCUT2D eigenvalue weighted by Gasteiger charge is 2.24. The van der Waals surface area contributed by atoms with E-state index in [4.69, 9.17) is 4.42 Å². The summed E-state index contributed by atoms with van der Waals surface area (Å²) in [5.41, 5.74) is 0.729. The van der Waals surface area contributed by atoms with E-state index in [1.54, 1.807) is 18.4 Å². The SMILES string of the molecule is O=C(c1ccc2ccccc2c1)N1CCN(C[C@@H](O)c2ccco2)CC1. The van der Waals surface area contributed by atoms with E-state index in [1.165, 1.54) is 0 Å². The maximum atomic E-state index is 12.8. The van der Waals surface area contributed by atoms with Crippen LogP contribution in [0.25, 0.3) is 10.8 Å². The number of furan rings is 1. The molecular weight excluding hydrogens is 328 g/mol. The minimum atomic E-state index is -0.632. The topological polar surface area (TPSA) is 56.9 Å². The molecule has 4 rings (SSSR count). The number of piperazine rings is 1. The van der Waals surface area contributed by atoms with E-state index in [2.05, 4.69) is 4.90 Å². The molecule has 0 bridgehead atoms. The van der Waals surface area contributed by atoms with Crippen LogP contribution in [0.2, 0.25) is 0 Å². The minimum Gasteiger partial charge on any atom is -0.467 e. The zero-order valence-corrected chi connectivity index (χ0v) is 14.5. The second-order valence-electron chi connectivity index (χ2n) is 6.69. The molecule has 1 atom stereocenters. The molecule has 1 aromatic heterocycles. The van der Waals surface area contributed by atoms with Gasteiger partial charge in [-0.3, -0.25) is 9.69 Å². The highest BCUT2D eigenvalue weighted by Crippen LogP contribution is 2.19. The van der Waals surface area contributed by atoms with E-state index < -0.39 is 6.10 Å². The zero-order chi connectivity index (χ0) is 17.9. The number of aliphatic hydroxyl groups excluding tert-OH is 1. The standard InChI is InChI=1S/C21H22N2O3/c24-19(20-6-3-13-26-20)15-22-9-11-23(12-10-22)21(25)18-8-7-16-4-1-2-5-17(16)14-18/h1-8,13-14,19,24H,9-12,15H2/t19-/m1/s1. The van der Waals surface area contributed by atoms with Crippen molar-refractivity contribution in [1.29, 1.82) is 0 Å². The van der Waals surface area contributed by atoms with Crippen molar-refractivity contribution in [2.24, 2.45) is 0 Å². The summed E-state index contributed by atoms with van der Waals surface area (Å²) in [7, 11) is 0. The van der Waals surface area contributed by atoms with Crippen LogP contribution in [0.5, 0.6) is 0 Å². The second kappa shape index (κ2) is 7.32. The fourth-order valence-electron chi connectivity index (χ4n) is 3.45. The van der Waals surface area contributed by atoms with Crippen molar-refractivity contribution in [2.45, 2.75) is 6.10 Å². The average molecular weight is 350 g/mol. The molecular formula is C21H22N2O3. The number of amides is 1. The Hall–Kier alpha value is -2.63. The second-order valence-corrected chi connectivity index (χ2v) is 6.69. The van der Waals surface area contributed by atoms with Gasteiger partial charge in [-0.25, -0.2) is 0 Å². The fraction of sp³-hybridized carbons (Fsp3) is 0.286. The van der Waals surface area contributed by atoms with E-state index >= 15 is 0 Å². The molecule has 0 unspecified atom stereocenters. The van der Waals surface area contributed by atoms with Crippen LogP contribution in [0, 0.1) is 0 Å². The molecule has 0 aliphatic carbocycles. The van der Waals surface area contributed by atoms with Gasteiger partial charge in [-0.2, -0.15) is 0 Å². The third-order valence-electron chi connectivity index (χ3n) is 4.96. The van der Waals surface area contributed by atoms with Crippen LogP contribution in [0.4, 0.5) is 0 Å². The molecule has 3 aromatic rings. The predicted molar refractivity (Wildman–Crippen MR) is 100.0 cm³/mol. The lowest BCUT2D eigenvalue weighted by molar-refractivity contribution is 0.0486. The summed E-state index contributed by atoms with van der Waals surface area (Å²) in [5.74, 6) is 0.654. The van der Waals surface area contributed by atoms with Crippen molar-refractivity contribution in [1.82, 2.24) is 9.80 Å². The highest BCUT2D eigenvalue weighted by molar-refractivity contribution is 5.98. The van der Waals surface area contributed by atoms with Crippen LogP contribution < -0.4 is 0 Å². The molecule has 1 fully saturated rings. The summed E-state index contributed by atoms with van der Waals surface area (Å²) in [5, 5.41) is 12.4. The lowest BCUT2D eigenvalue weighted by Crippen LogP contribution is -2.49. The average Bonchev–Trinajstić information content (AvgIpc) is 3.23. The van der Waals surface area contributed by atoms with Gasteiger partial charge >= 0.3 is 0 Å². The molecule has 5 nitrogen and oxygen atoms in total. The van der Waals surface area contributed by atoms with E-state index in [1.807, 2.05) is 47.4 Å². The Labute approximate surface area is 152 Å². The number of aliphatic hydroxyl groups is 1. The molecule has 26 heavy (non-hydrogen) atoms. The van der Waals surface area contributed by atoms with Crippen molar-refractivity contribution in [3.63, 3.8) is 0 Å². The van der Waals surface area contributed by atoms with Gasteiger partial charge in [0.15, 0.2) is 0 Å². The number of fused-ring (bicyclic) bond motifs is 1. The zero-order valence-electron chi connectivity index (χ0n) is 14.5. The monoisotopic (exact) mass is 350 g/mol. The first-order chi connectivity index (χ1) is 12.7. The van der Waals surface area contributed by atoms with Crippen LogP contribution in [0.15, 0.2) is 65.3 Å². The number of hydrogen-bond donors (Lipinski definition) is 1. The Bertz CT molecular complexity index is 883. The summed E-state index contributed by atoms with van der Waals surface area (Å²) in [6.45, 7) is 3.34. The van der Waals surface area contributed by atoms with Gasteiger partial charge in [-0.15, -0.1) is 0 Å². The molecule has 1 aliphatic rings. The highest BCUT2D eigenvalue weighted by atomic mass is 16.4. The van der Waals surface area contributed by atoms with Crippen LogP contribution >= 0.6 is 0 Å². The largest absolute Gasteiger partial charge is 0.467 e. The fourth-order valence-corrected chi connectivity index (χ4v) is 3.45. The summed E-state index contributed by atoms with van der Waals surface area (Å²) in [4.78, 5) is 16.9. The number of rotatable bonds is 4. The Balaban J connectivity index is 1.37. The van der Waals surface area contributed by atoms with E-state index in [0.717, 1.165) is 29.4 Å². The first-order valence-electron chi connectivity index (χ1n) is 8.92. The molecule has 134 valence electrons. The van der Waals surface area contributed by atoms with Crippen molar-refractivity contribution in [2.75, 3.05) is 32.7 Å². The summed E-state index contributed by atoms with van der Waals surface area (Å²) in [6.07, 6.45) is 0.936. The van der Waals surface area contributed by atoms with E-state index in [-0.39, 0.29) is 5.91 Å². The van der Waals surface area contributed by atoms with Crippen molar-refractivity contribution in [3.8, 4) is 0 Å². The number of nitrogens with zero attached hydrogens (tertiary/aromatic N) is 2. The lowest BCUT2D eigenvalue weighted by Gasteiger charge is -2.35. The molecule has 1 amide bonds. The number of carbonyl (C=O) groups excluding carboxylic acids is 1. The molecule has 2 heterocycles. The van der Waals surface area contributed by atoms with Crippen molar-refractivity contribution in [3.05, 3.63) is 72.2 Å². The number of β-amino-alcohol motifs (C(OH)–C–C–N with tert-alkyl or cyclic N) is 1. The molecule has 1 N–H and O–H groups in total. The van der Waals surface area contributed by atoms with Crippen LogP contribution in [-0.4, -0.2) is 53.5 Å². The molecule has 1 saturated heterocycles. The first kappa shape index (κ1) is 16.8. The molecule has 2 aromatic carbocycles. The van der Waals surface area contributed by atoms with Gasteiger partial charge in [-0.05, 0) is 35.0 Å². The molecule has 1 aliphatic heterocycles. The Kier molecular flexibility index (Phi) is 4.73. The smallest absolute Gasteiger partial charge is 0.253 e. The van der Waals surface area contributed by atoms with Gasteiger partial charge in [0.2, 0.25) is 0 Å². The quantitative estimate of drug-likeness (QED) is 0.786. The van der Waals surface area contributed by atoms with E-state index in [9.17, 15) is 9.90 Å². The normalized spacial score (nSPS) is 16.7. The van der Waals surface area contributed by atoms with Gasteiger partial charge in [0.25, 0.3) is 5.91 Å².